The Morgan fingerprint density at radius 3 is 0.837 bits per heavy atom. The number of nitrogen functional groups attached to an aromatic ring is 2. The normalized spacial score (nSPS) is 13.1. The summed E-state index contributed by atoms with van der Waals surface area (Å²) in [4.78, 5) is 0. The summed E-state index contributed by atoms with van der Waals surface area (Å²) < 4.78 is 157. The minimum Gasteiger partial charge on any atom is -0.457 e. The maximum absolute atomic E-state index is 14.8. The number of benzene rings is 4. The second kappa shape index (κ2) is 10.9. The summed E-state index contributed by atoms with van der Waals surface area (Å²) in [5, 5.41) is 0. The second-order valence-electron chi connectivity index (χ2n) is 9.26. The maximum atomic E-state index is 14.8. The van der Waals surface area contributed by atoms with Gasteiger partial charge < -0.3 is 20.9 Å². The smallest absolute Gasteiger partial charge is 0.385 e. The summed E-state index contributed by atoms with van der Waals surface area (Å²) in [6.45, 7) is 0. The Balaban J connectivity index is 1.57. The van der Waals surface area contributed by atoms with Crippen molar-refractivity contribution in [3.05, 3.63) is 108 Å². The van der Waals surface area contributed by atoms with Crippen molar-refractivity contribution in [3.63, 3.8) is 0 Å². The van der Waals surface area contributed by atoms with Crippen molar-refractivity contribution in [1.82, 2.24) is 0 Å². The van der Waals surface area contributed by atoms with E-state index in [4.69, 9.17) is 20.9 Å². The van der Waals surface area contributed by atoms with E-state index in [1.165, 1.54) is 48.5 Å². The lowest BCUT2D eigenvalue weighted by molar-refractivity contribution is -0.407. The zero-order chi connectivity index (χ0) is 31.8. The van der Waals surface area contributed by atoms with Crippen LogP contribution in [0.2, 0.25) is 0 Å². The Kier molecular flexibility index (Phi) is 7.94. The van der Waals surface area contributed by atoms with Crippen LogP contribution in [0.25, 0.3) is 0 Å². The van der Waals surface area contributed by atoms with E-state index in [0.717, 1.165) is 0 Å². The number of nitrogens with two attached hydrogens (primary N) is 2. The number of halogens is 10. The number of hydrogen-bond donors (Lipinski definition) is 2. The first-order chi connectivity index (χ1) is 19.9. The molecule has 0 aliphatic heterocycles. The standard InChI is InChI=1S/C29H20F10N2O2/c30-25(31,17-1-9-21(10-2-17)42-23-13-5-19(40)6-14-23)27(34,35)29(38,39)28(36,37)26(32,33)18-3-11-22(12-4-18)43-24-15-7-20(41)8-16-24/h1-16H,40-41H2. The zero-order valence-corrected chi connectivity index (χ0v) is 21.5. The Bertz CT molecular complexity index is 1430. The molecule has 0 heterocycles. The van der Waals surface area contributed by atoms with E-state index >= 15 is 0 Å². The molecular formula is C29H20F10N2O2. The van der Waals surface area contributed by atoms with Gasteiger partial charge in [-0.1, -0.05) is 0 Å². The summed E-state index contributed by atoms with van der Waals surface area (Å²) in [5.41, 5.74) is 8.02. The van der Waals surface area contributed by atoms with Crippen molar-refractivity contribution < 1.29 is 53.4 Å². The first-order valence-electron chi connectivity index (χ1n) is 12.1. The first-order valence-corrected chi connectivity index (χ1v) is 12.1. The van der Waals surface area contributed by atoms with Gasteiger partial charge in [-0.2, -0.15) is 43.9 Å². The summed E-state index contributed by atoms with van der Waals surface area (Å²) in [7, 11) is 0. The van der Waals surface area contributed by atoms with Gasteiger partial charge in [-0.15, -0.1) is 0 Å². The van der Waals surface area contributed by atoms with Gasteiger partial charge in [-0.3, -0.25) is 0 Å². The molecule has 4 aromatic rings. The predicted octanol–water partition coefficient (Wildman–Crippen LogP) is 9.23. The highest BCUT2D eigenvalue weighted by molar-refractivity contribution is 5.45. The third kappa shape index (κ3) is 5.60. The van der Waals surface area contributed by atoms with Crippen molar-refractivity contribution in [3.8, 4) is 23.0 Å². The van der Waals surface area contributed by atoms with Crippen LogP contribution in [0.5, 0.6) is 23.0 Å². The fourth-order valence-corrected chi connectivity index (χ4v) is 3.76. The molecule has 4 nitrogen and oxygen atoms in total. The molecule has 0 aliphatic carbocycles. The van der Waals surface area contributed by atoms with Crippen molar-refractivity contribution in [2.24, 2.45) is 0 Å². The van der Waals surface area contributed by atoms with Gasteiger partial charge in [0.05, 0.1) is 0 Å². The molecule has 14 heteroatoms. The third-order valence-electron chi connectivity index (χ3n) is 6.24. The van der Waals surface area contributed by atoms with Crippen molar-refractivity contribution in [1.29, 1.82) is 0 Å². The highest BCUT2D eigenvalue weighted by Crippen LogP contribution is 2.61. The van der Waals surface area contributed by atoms with Gasteiger partial charge in [0.2, 0.25) is 0 Å². The molecule has 0 radical (unpaired) electrons. The van der Waals surface area contributed by atoms with Crippen molar-refractivity contribution in [2.45, 2.75) is 29.6 Å². The molecular weight excluding hydrogens is 598 g/mol. The first kappa shape index (κ1) is 31.3. The summed E-state index contributed by atoms with van der Waals surface area (Å²) in [6.07, 6.45) is 0. The minimum absolute atomic E-state index is 0.136. The van der Waals surface area contributed by atoms with Gasteiger partial charge in [-0.05, 0) is 97.1 Å². The minimum atomic E-state index is -7.26. The van der Waals surface area contributed by atoms with E-state index in [1.54, 1.807) is 0 Å². The Morgan fingerprint density at radius 2 is 0.581 bits per heavy atom. The van der Waals surface area contributed by atoms with Gasteiger partial charge in [0.15, 0.2) is 0 Å². The largest absolute Gasteiger partial charge is 0.457 e. The number of ether oxygens (including phenoxy) is 2. The molecule has 0 atom stereocenters. The van der Waals surface area contributed by atoms with Crippen LogP contribution in [0, 0.1) is 0 Å². The van der Waals surface area contributed by atoms with E-state index in [1.807, 2.05) is 0 Å². The molecule has 0 saturated carbocycles. The van der Waals surface area contributed by atoms with E-state index in [9.17, 15) is 43.9 Å². The van der Waals surface area contributed by atoms with Crippen LogP contribution in [-0.2, 0) is 11.8 Å². The van der Waals surface area contributed by atoms with E-state index in [0.29, 0.717) is 35.6 Å². The molecule has 0 saturated heterocycles. The molecule has 0 aromatic heterocycles. The van der Waals surface area contributed by atoms with Gasteiger partial charge in [0, 0.05) is 22.5 Å². The lowest BCUT2D eigenvalue weighted by atomic mass is 9.88. The molecule has 4 rings (SSSR count). The van der Waals surface area contributed by atoms with Gasteiger partial charge in [0.25, 0.3) is 0 Å². The molecule has 0 unspecified atom stereocenters. The van der Waals surface area contributed by atoms with E-state index in [2.05, 4.69) is 0 Å². The molecule has 0 amide bonds. The van der Waals surface area contributed by atoms with Crippen LogP contribution in [0.3, 0.4) is 0 Å². The second-order valence-corrected chi connectivity index (χ2v) is 9.26. The quantitative estimate of drug-likeness (QED) is 0.137. The molecule has 4 aromatic carbocycles. The number of rotatable bonds is 10. The summed E-state index contributed by atoms with van der Waals surface area (Å²) in [5.74, 6) is -33.5. The zero-order valence-electron chi connectivity index (χ0n) is 21.5. The van der Waals surface area contributed by atoms with Crippen molar-refractivity contribution >= 4 is 11.4 Å². The lowest BCUT2D eigenvalue weighted by Crippen LogP contribution is -2.65. The lowest BCUT2D eigenvalue weighted by Gasteiger charge is -2.39. The molecule has 4 N–H and O–H groups in total. The van der Waals surface area contributed by atoms with Crippen LogP contribution >= 0.6 is 0 Å². The average Bonchev–Trinajstić information content (AvgIpc) is 2.95. The third-order valence-corrected chi connectivity index (χ3v) is 6.24. The highest BCUT2D eigenvalue weighted by atomic mass is 19.4. The topological polar surface area (TPSA) is 70.5 Å². The summed E-state index contributed by atoms with van der Waals surface area (Å²) in [6, 6.07) is 14.7. The Labute approximate surface area is 237 Å². The molecule has 43 heavy (non-hydrogen) atoms. The SMILES string of the molecule is Nc1ccc(Oc2ccc(C(F)(F)C(F)(F)C(F)(F)C(F)(F)C(F)(F)c3ccc(Oc4ccc(N)cc4)cc3)cc2)cc1. The van der Waals surface area contributed by atoms with Crippen molar-refractivity contribution in [2.75, 3.05) is 11.5 Å². The monoisotopic (exact) mass is 618 g/mol. The van der Waals surface area contributed by atoms with Crippen LogP contribution < -0.4 is 20.9 Å². The molecule has 0 fully saturated rings. The van der Waals surface area contributed by atoms with Crippen LogP contribution in [-0.4, -0.2) is 17.8 Å². The fourth-order valence-electron chi connectivity index (χ4n) is 3.76. The van der Waals surface area contributed by atoms with Gasteiger partial charge in [0.1, 0.15) is 23.0 Å². The Morgan fingerprint density at radius 1 is 0.349 bits per heavy atom. The van der Waals surface area contributed by atoms with Crippen LogP contribution in [0.15, 0.2) is 97.1 Å². The highest BCUT2D eigenvalue weighted by Gasteiger charge is 2.86. The predicted molar refractivity (Wildman–Crippen MR) is 137 cm³/mol. The Hall–Kier alpha value is -4.62. The van der Waals surface area contributed by atoms with Crippen LogP contribution in [0.4, 0.5) is 55.3 Å². The van der Waals surface area contributed by atoms with E-state index < -0.39 is 40.7 Å². The maximum Gasteiger partial charge on any atom is 0.385 e. The van der Waals surface area contributed by atoms with Gasteiger partial charge in [-0.25, -0.2) is 0 Å². The molecule has 0 aliphatic rings. The molecule has 0 spiro atoms. The molecule has 0 bridgehead atoms. The number of hydrogen-bond acceptors (Lipinski definition) is 4. The summed E-state index contributed by atoms with van der Waals surface area (Å²) >= 11 is 0. The average molecular weight is 618 g/mol. The number of alkyl halides is 10. The van der Waals surface area contributed by atoms with Gasteiger partial charge >= 0.3 is 29.6 Å². The van der Waals surface area contributed by atoms with E-state index in [-0.39, 0.29) is 47.3 Å². The molecule has 228 valence electrons. The fraction of sp³-hybridized carbons (Fsp3) is 0.172. The number of anilines is 2. The van der Waals surface area contributed by atoms with Crippen LogP contribution in [0.1, 0.15) is 11.1 Å².